The Bertz CT molecular complexity index is 1010. The molecule has 4 heteroatoms. The molecule has 1 aliphatic rings. The summed E-state index contributed by atoms with van der Waals surface area (Å²) in [6, 6.07) is 26.5. The Kier molecular flexibility index (Phi) is 6.79. The van der Waals surface area contributed by atoms with Crippen molar-refractivity contribution in [2.75, 3.05) is 29.9 Å². The number of hydrogen-bond donors (Lipinski definition) is 1. The first-order valence-electron chi connectivity index (χ1n) is 11.5. The Labute approximate surface area is 191 Å². The third-order valence-electron chi connectivity index (χ3n) is 6.31. The van der Waals surface area contributed by atoms with E-state index < -0.39 is 0 Å². The van der Waals surface area contributed by atoms with Gasteiger partial charge in [-0.25, -0.2) is 0 Å². The lowest BCUT2D eigenvalue weighted by molar-refractivity contribution is -0.118. The standard InChI is InChI=1S/C28H32N2O2/c1-28(2,22-9-5-3-6-10-22)23-11-17-26(18-12-23)32-21-27(31)29-24-13-15-25(16-14-24)30-19-7-4-8-20-30/h3,5-6,9-18H,4,7-8,19-21H2,1-2H3,(H,29,31). The number of benzene rings is 3. The molecule has 1 amide bonds. The Balaban J connectivity index is 1.29. The maximum Gasteiger partial charge on any atom is 0.262 e. The molecule has 0 aliphatic carbocycles. The molecular formula is C28H32N2O2. The first-order chi connectivity index (χ1) is 15.5. The minimum Gasteiger partial charge on any atom is -0.484 e. The van der Waals surface area contributed by atoms with Crippen molar-refractivity contribution in [1.82, 2.24) is 0 Å². The summed E-state index contributed by atoms with van der Waals surface area (Å²) in [5, 5.41) is 2.92. The van der Waals surface area contributed by atoms with Crippen molar-refractivity contribution >= 4 is 17.3 Å². The molecule has 1 N–H and O–H groups in total. The molecule has 0 radical (unpaired) electrons. The highest BCUT2D eigenvalue weighted by atomic mass is 16.5. The average molecular weight is 429 g/mol. The number of ether oxygens (including phenoxy) is 1. The van der Waals surface area contributed by atoms with E-state index in [-0.39, 0.29) is 17.9 Å². The van der Waals surface area contributed by atoms with Crippen molar-refractivity contribution in [2.45, 2.75) is 38.5 Å². The predicted octanol–water partition coefficient (Wildman–Crippen LogP) is 6.02. The highest BCUT2D eigenvalue weighted by Crippen LogP contribution is 2.32. The zero-order valence-electron chi connectivity index (χ0n) is 19.0. The summed E-state index contributed by atoms with van der Waals surface area (Å²) >= 11 is 0. The van der Waals surface area contributed by atoms with Crippen LogP contribution in [-0.2, 0) is 10.2 Å². The quantitative estimate of drug-likeness (QED) is 0.500. The fourth-order valence-corrected chi connectivity index (χ4v) is 4.24. The van der Waals surface area contributed by atoms with E-state index in [1.807, 2.05) is 30.3 Å². The lowest BCUT2D eigenvalue weighted by Gasteiger charge is -2.28. The van der Waals surface area contributed by atoms with Gasteiger partial charge in [-0.15, -0.1) is 0 Å². The van der Waals surface area contributed by atoms with Crippen molar-refractivity contribution in [2.24, 2.45) is 0 Å². The molecule has 0 bridgehead atoms. The van der Waals surface area contributed by atoms with Crippen LogP contribution in [0.5, 0.6) is 5.75 Å². The number of rotatable bonds is 7. The van der Waals surface area contributed by atoms with Crippen LogP contribution < -0.4 is 15.0 Å². The van der Waals surface area contributed by atoms with Gasteiger partial charge in [0.2, 0.25) is 0 Å². The number of anilines is 2. The summed E-state index contributed by atoms with van der Waals surface area (Å²) in [4.78, 5) is 14.7. The third kappa shape index (κ3) is 5.31. The van der Waals surface area contributed by atoms with E-state index in [0.29, 0.717) is 5.75 Å². The summed E-state index contributed by atoms with van der Waals surface area (Å²) in [5.74, 6) is 0.526. The Morgan fingerprint density at radius 3 is 2.12 bits per heavy atom. The molecule has 0 atom stereocenters. The molecule has 0 saturated carbocycles. The van der Waals surface area contributed by atoms with Crippen LogP contribution >= 0.6 is 0 Å². The molecule has 0 spiro atoms. The smallest absolute Gasteiger partial charge is 0.262 e. The number of piperidine rings is 1. The van der Waals surface area contributed by atoms with Crippen molar-refractivity contribution in [3.8, 4) is 5.75 Å². The van der Waals surface area contributed by atoms with E-state index in [1.165, 1.54) is 36.1 Å². The van der Waals surface area contributed by atoms with Crippen LogP contribution in [0.1, 0.15) is 44.2 Å². The molecule has 0 aromatic heterocycles. The van der Waals surface area contributed by atoms with Crippen LogP contribution in [0.25, 0.3) is 0 Å². The van der Waals surface area contributed by atoms with E-state index >= 15 is 0 Å². The monoisotopic (exact) mass is 428 g/mol. The van der Waals surface area contributed by atoms with Gasteiger partial charge in [0.1, 0.15) is 5.75 Å². The van der Waals surface area contributed by atoms with E-state index in [1.54, 1.807) is 0 Å². The van der Waals surface area contributed by atoms with Crippen LogP contribution in [0.15, 0.2) is 78.9 Å². The zero-order chi connectivity index (χ0) is 22.4. The minimum atomic E-state index is -0.163. The predicted molar refractivity (Wildman–Crippen MR) is 132 cm³/mol. The Morgan fingerprint density at radius 1 is 0.844 bits per heavy atom. The number of nitrogens with one attached hydrogen (secondary N) is 1. The summed E-state index contributed by atoms with van der Waals surface area (Å²) in [6.07, 6.45) is 3.82. The first-order valence-corrected chi connectivity index (χ1v) is 11.5. The highest BCUT2D eigenvalue weighted by molar-refractivity contribution is 5.92. The van der Waals surface area contributed by atoms with Gasteiger partial charge in [0.15, 0.2) is 6.61 Å². The van der Waals surface area contributed by atoms with E-state index in [4.69, 9.17) is 4.74 Å². The van der Waals surface area contributed by atoms with Gasteiger partial charge in [0.05, 0.1) is 0 Å². The molecule has 4 rings (SSSR count). The molecule has 3 aromatic carbocycles. The third-order valence-corrected chi connectivity index (χ3v) is 6.31. The van der Waals surface area contributed by atoms with Crippen molar-refractivity contribution < 1.29 is 9.53 Å². The molecule has 166 valence electrons. The number of carbonyl (C=O) groups excluding carboxylic acids is 1. The summed E-state index contributed by atoms with van der Waals surface area (Å²) in [6.45, 7) is 6.63. The van der Waals surface area contributed by atoms with Gasteiger partial charge in [-0.05, 0) is 66.8 Å². The van der Waals surface area contributed by atoms with Gasteiger partial charge in [0, 0.05) is 29.9 Å². The molecule has 1 aliphatic heterocycles. The van der Waals surface area contributed by atoms with Gasteiger partial charge < -0.3 is 15.0 Å². The second-order valence-electron chi connectivity index (χ2n) is 8.95. The average Bonchev–Trinajstić information content (AvgIpc) is 2.84. The fourth-order valence-electron chi connectivity index (χ4n) is 4.24. The highest BCUT2D eigenvalue weighted by Gasteiger charge is 2.22. The lowest BCUT2D eigenvalue weighted by atomic mass is 9.78. The molecule has 1 fully saturated rings. The molecule has 4 nitrogen and oxygen atoms in total. The van der Waals surface area contributed by atoms with Gasteiger partial charge in [-0.3, -0.25) is 4.79 Å². The first kappa shape index (κ1) is 21.9. The van der Waals surface area contributed by atoms with Crippen LogP contribution in [0.2, 0.25) is 0 Å². The maximum absolute atomic E-state index is 12.3. The van der Waals surface area contributed by atoms with Crippen LogP contribution in [0, 0.1) is 0 Å². The minimum absolute atomic E-state index is 0.0186. The molecule has 1 saturated heterocycles. The van der Waals surface area contributed by atoms with E-state index in [0.717, 1.165) is 18.8 Å². The topological polar surface area (TPSA) is 41.6 Å². The number of nitrogens with zero attached hydrogens (tertiary/aromatic N) is 1. The number of amides is 1. The van der Waals surface area contributed by atoms with E-state index in [2.05, 4.69) is 72.6 Å². The van der Waals surface area contributed by atoms with Crippen molar-refractivity contribution in [3.05, 3.63) is 90.0 Å². The second kappa shape index (κ2) is 9.90. The molecule has 1 heterocycles. The largest absolute Gasteiger partial charge is 0.484 e. The van der Waals surface area contributed by atoms with Crippen LogP contribution in [0.3, 0.4) is 0 Å². The molecular weight excluding hydrogens is 396 g/mol. The normalized spacial score (nSPS) is 14.1. The second-order valence-corrected chi connectivity index (χ2v) is 8.95. The summed E-state index contributed by atoms with van der Waals surface area (Å²) in [5.41, 5.74) is 4.38. The maximum atomic E-state index is 12.3. The molecule has 3 aromatic rings. The molecule has 32 heavy (non-hydrogen) atoms. The Morgan fingerprint density at radius 2 is 1.47 bits per heavy atom. The summed E-state index contributed by atoms with van der Waals surface area (Å²) in [7, 11) is 0. The van der Waals surface area contributed by atoms with Crippen LogP contribution in [0.4, 0.5) is 11.4 Å². The van der Waals surface area contributed by atoms with E-state index in [9.17, 15) is 4.79 Å². The summed E-state index contributed by atoms with van der Waals surface area (Å²) < 4.78 is 5.71. The SMILES string of the molecule is CC(C)(c1ccccc1)c1ccc(OCC(=O)Nc2ccc(N3CCCCC3)cc2)cc1. The van der Waals surface area contributed by atoms with Crippen molar-refractivity contribution in [1.29, 1.82) is 0 Å². The van der Waals surface area contributed by atoms with Crippen LogP contribution in [-0.4, -0.2) is 25.6 Å². The number of carbonyl (C=O) groups is 1. The van der Waals surface area contributed by atoms with Gasteiger partial charge in [-0.1, -0.05) is 56.3 Å². The van der Waals surface area contributed by atoms with Gasteiger partial charge in [-0.2, -0.15) is 0 Å². The van der Waals surface area contributed by atoms with Gasteiger partial charge in [0.25, 0.3) is 5.91 Å². The number of hydrogen-bond acceptors (Lipinski definition) is 3. The van der Waals surface area contributed by atoms with Gasteiger partial charge >= 0.3 is 0 Å². The zero-order valence-corrected chi connectivity index (χ0v) is 19.0. The Hall–Kier alpha value is -3.27. The van der Waals surface area contributed by atoms with Crippen molar-refractivity contribution in [3.63, 3.8) is 0 Å². The lowest BCUT2D eigenvalue weighted by Crippen LogP contribution is -2.29. The molecule has 0 unspecified atom stereocenters. The fraction of sp³-hybridized carbons (Fsp3) is 0.321.